The van der Waals surface area contributed by atoms with Crippen molar-refractivity contribution in [2.75, 3.05) is 13.1 Å². The molecule has 0 aromatic heterocycles. The van der Waals surface area contributed by atoms with Crippen LogP contribution in [0.1, 0.15) is 47.6 Å². The lowest BCUT2D eigenvalue weighted by molar-refractivity contribution is -0.135. The molecule has 3 rings (SSSR count). The lowest BCUT2D eigenvalue weighted by atomic mass is 9.99. The predicted molar refractivity (Wildman–Crippen MR) is 106 cm³/mol. The molecule has 1 aliphatic rings. The molecule has 0 spiro atoms. The van der Waals surface area contributed by atoms with Crippen molar-refractivity contribution in [2.24, 2.45) is 5.73 Å². The molecule has 142 valence electrons. The van der Waals surface area contributed by atoms with Gasteiger partial charge in [-0.05, 0) is 37.0 Å². The predicted octanol–water partition coefficient (Wildman–Crippen LogP) is 2.89. The molecule has 5 heteroatoms. The quantitative estimate of drug-likeness (QED) is 0.826. The van der Waals surface area contributed by atoms with Crippen LogP contribution in [-0.2, 0) is 4.79 Å². The highest BCUT2D eigenvalue weighted by Gasteiger charge is 2.28. The Hall–Kier alpha value is -2.66. The van der Waals surface area contributed by atoms with Crippen molar-refractivity contribution in [2.45, 2.75) is 37.8 Å². The first-order chi connectivity index (χ1) is 13.1. The summed E-state index contributed by atoms with van der Waals surface area (Å²) in [5, 5.41) is 2.97. The van der Waals surface area contributed by atoms with Crippen molar-refractivity contribution in [3.8, 4) is 0 Å². The molecule has 2 amide bonds. The summed E-state index contributed by atoms with van der Waals surface area (Å²) in [6, 6.07) is 18.6. The second kappa shape index (κ2) is 9.33. The van der Waals surface area contributed by atoms with Crippen LogP contribution in [-0.4, -0.2) is 35.8 Å². The van der Waals surface area contributed by atoms with Crippen molar-refractivity contribution in [1.82, 2.24) is 10.2 Å². The van der Waals surface area contributed by atoms with Crippen LogP contribution in [0, 0.1) is 0 Å². The first-order valence-electron chi connectivity index (χ1n) is 9.58. The van der Waals surface area contributed by atoms with E-state index in [4.69, 9.17) is 5.73 Å². The summed E-state index contributed by atoms with van der Waals surface area (Å²) in [4.78, 5) is 27.0. The van der Waals surface area contributed by atoms with Crippen molar-refractivity contribution in [1.29, 1.82) is 0 Å². The van der Waals surface area contributed by atoms with Gasteiger partial charge in [-0.15, -0.1) is 0 Å². The van der Waals surface area contributed by atoms with Crippen LogP contribution >= 0.6 is 0 Å². The maximum absolute atomic E-state index is 12.8. The van der Waals surface area contributed by atoms with Gasteiger partial charge in [-0.3, -0.25) is 9.59 Å². The number of nitrogens with one attached hydrogen (secondary N) is 1. The number of nitrogens with zero attached hydrogens (tertiary/aromatic N) is 1. The summed E-state index contributed by atoms with van der Waals surface area (Å²) in [6.45, 7) is 1.20. The van der Waals surface area contributed by atoms with Gasteiger partial charge in [0.05, 0.1) is 0 Å². The van der Waals surface area contributed by atoms with E-state index >= 15 is 0 Å². The number of hydrogen-bond acceptors (Lipinski definition) is 3. The smallest absolute Gasteiger partial charge is 0.251 e. The number of piperidine rings is 1. The largest absolute Gasteiger partial charge is 0.350 e. The molecular weight excluding hydrogens is 338 g/mol. The number of benzene rings is 2. The highest BCUT2D eigenvalue weighted by Crippen LogP contribution is 2.21. The third-order valence-electron chi connectivity index (χ3n) is 5.10. The number of rotatable bonds is 6. The fourth-order valence-electron chi connectivity index (χ4n) is 3.57. The van der Waals surface area contributed by atoms with Crippen LogP contribution in [0.3, 0.4) is 0 Å². The van der Waals surface area contributed by atoms with Gasteiger partial charge in [0.15, 0.2) is 0 Å². The molecule has 0 saturated carbocycles. The van der Waals surface area contributed by atoms with Crippen LogP contribution in [0.15, 0.2) is 60.7 Å². The van der Waals surface area contributed by atoms with Crippen LogP contribution in [0.25, 0.3) is 0 Å². The van der Waals surface area contributed by atoms with Gasteiger partial charge in [-0.25, -0.2) is 0 Å². The number of hydrogen-bond donors (Lipinski definition) is 2. The zero-order valence-corrected chi connectivity index (χ0v) is 15.5. The molecule has 1 aliphatic heterocycles. The first-order valence-corrected chi connectivity index (χ1v) is 9.58. The summed E-state index contributed by atoms with van der Waals surface area (Å²) in [7, 11) is 0. The van der Waals surface area contributed by atoms with Gasteiger partial charge in [0.2, 0.25) is 5.91 Å². The minimum absolute atomic E-state index is 0.0295. The van der Waals surface area contributed by atoms with E-state index < -0.39 is 0 Å². The van der Waals surface area contributed by atoms with E-state index in [1.165, 1.54) is 0 Å². The van der Waals surface area contributed by atoms with E-state index in [1.807, 2.05) is 53.4 Å². The van der Waals surface area contributed by atoms with Crippen LogP contribution < -0.4 is 11.1 Å². The van der Waals surface area contributed by atoms with Crippen LogP contribution in [0.5, 0.6) is 0 Å². The second-order valence-corrected chi connectivity index (χ2v) is 7.03. The normalized spacial score (nSPS) is 18.0. The van der Waals surface area contributed by atoms with Crippen LogP contribution in [0.4, 0.5) is 0 Å². The molecule has 2 aromatic carbocycles. The molecule has 2 unspecified atom stereocenters. The van der Waals surface area contributed by atoms with Gasteiger partial charge in [-0.1, -0.05) is 48.5 Å². The number of likely N-dealkylation sites (tertiary alicyclic amines) is 1. The first kappa shape index (κ1) is 19.1. The molecule has 2 aromatic rings. The second-order valence-electron chi connectivity index (χ2n) is 7.03. The Labute approximate surface area is 160 Å². The van der Waals surface area contributed by atoms with E-state index in [0.29, 0.717) is 12.1 Å². The van der Waals surface area contributed by atoms with Gasteiger partial charge < -0.3 is 16.0 Å². The Kier molecular flexibility index (Phi) is 6.60. The van der Waals surface area contributed by atoms with Crippen molar-refractivity contribution in [3.63, 3.8) is 0 Å². The van der Waals surface area contributed by atoms with Gasteiger partial charge in [-0.2, -0.15) is 0 Å². The molecule has 5 nitrogen and oxygen atoms in total. The highest BCUT2D eigenvalue weighted by atomic mass is 16.2. The molecule has 0 bridgehead atoms. The zero-order chi connectivity index (χ0) is 19.1. The molecule has 3 N–H and O–H groups in total. The minimum atomic E-state index is -0.305. The fraction of sp³-hybridized carbons (Fsp3) is 0.364. The number of amides is 2. The topological polar surface area (TPSA) is 75.4 Å². The summed E-state index contributed by atoms with van der Waals surface area (Å²) in [5.41, 5.74) is 7.83. The zero-order valence-electron chi connectivity index (χ0n) is 15.5. The van der Waals surface area contributed by atoms with E-state index in [9.17, 15) is 9.59 Å². The van der Waals surface area contributed by atoms with Gasteiger partial charge in [0.1, 0.15) is 0 Å². The SMILES string of the molecule is NC(CC(=O)N1CCCCC1CNC(=O)c1ccccc1)c1ccccc1. The molecule has 0 aliphatic carbocycles. The van der Waals surface area contributed by atoms with Crippen molar-refractivity contribution < 1.29 is 9.59 Å². The maximum atomic E-state index is 12.8. The Morgan fingerprint density at radius 3 is 2.41 bits per heavy atom. The molecule has 1 fully saturated rings. The van der Waals surface area contributed by atoms with Gasteiger partial charge in [0, 0.05) is 37.2 Å². The Morgan fingerprint density at radius 2 is 1.70 bits per heavy atom. The molecule has 1 heterocycles. The van der Waals surface area contributed by atoms with Crippen LogP contribution in [0.2, 0.25) is 0 Å². The minimum Gasteiger partial charge on any atom is -0.350 e. The Morgan fingerprint density at radius 1 is 1.04 bits per heavy atom. The lowest BCUT2D eigenvalue weighted by Crippen LogP contribution is -2.49. The summed E-state index contributed by atoms with van der Waals surface area (Å²) >= 11 is 0. The fourth-order valence-corrected chi connectivity index (χ4v) is 3.57. The molecule has 1 saturated heterocycles. The van der Waals surface area contributed by atoms with E-state index in [0.717, 1.165) is 31.4 Å². The maximum Gasteiger partial charge on any atom is 0.251 e. The average molecular weight is 365 g/mol. The molecule has 27 heavy (non-hydrogen) atoms. The number of nitrogens with two attached hydrogens (primary N) is 1. The summed E-state index contributed by atoms with van der Waals surface area (Å²) < 4.78 is 0. The summed E-state index contributed by atoms with van der Waals surface area (Å²) in [6.07, 6.45) is 3.25. The van der Waals surface area contributed by atoms with Crippen molar-refractivity contribution in [3.05, 3.63) is 71.8 Å². The van der Waals surface area contributed by atoms with Gasteiger partial charge in [0.25, 0.3) is 5.91 Å². The third-order valence-corrected chi connectivity index (χ3v) is 5.10. The van der Waals surface area contributed by atoms with Gasteiger partial charge >= 0.3 is 0 Å². The third kappa shape index (κ3) is 5.17. The Bertz CT molecular complexity index is 749. The van der Waals surface area contributed by atoms with E-state index in [2.05, 4.69) is 5.32 Å². The monoisotopic (exact) mass is 365 g/mol. The molecular formula is C22H27N3O2. The van der Waals surface area contributed by atoms with Crippen molar-refractivity contribution >= 4 is 11.8 Å². The lowest BCUT2D eigenvalue weighted by Gasteiger charge is -2.36. The standard InChI is InChI=1S/C22H27N3O2/c23-20(17-9-3-1-4-10-17)15-21(26)25-14-8-7-13-19(25)16-24-22(27)18-11-5-2-6-12-18/h1-6,9-12,19-20H,7-8,13-16,23H2,(H,24,27). The number of carbonyl (C=O) groups excluding carboxylic acids is 2. The van der Waals surface area contributed by atoms with E-state index in [1.54, 1.807) is 12.1 Å². The summed E-state index contributed by atoms with van der Waals surface area (Å²) in [5.74, 6) is -0.0421. The average Bonchev–Trinajstić information content (AvgIpc) is 2.73. The van der Waals surface area contributed by atoms with E-state index in [-0.39, 0.29) is 30.3 Å². The molecule has 2 atom stereocenters. The Balaban J connectivity index is 1.57. The number of carbonyl (C=O) groups is 2. The highest BCUT2D eigenvalue weighted by molar-refractivity contribution is 5.94. The molecule has 0 radical (unpaired) electrons.